The van der Waals surface area contributed by atoms with E-state index < -0.39 is 5.60 Å². The maximum Gasteiger partial charge on any atom is 0.407 e. The predicted octanol–water partition coefficient (Wildman–Crippen LogP) is 1.88. The fourth-order valence-electron chi connectivity index (χ4n) is 3.14. The molecule has 0 unspecified atom stereocenters. The highest BCUT2D eigenvalue weighted by atomic mass is 32.1. The Labute approximate surface area is 133 Å². The third-order valence-corrected chi connectivity index (χ3v) is 5.52. The van der Waals surface area contributed by atoms with Crippen LogP contribution in [0.1, 0.15) is 36.3 Å². The van der Waals surface area contributed by atoms with Crippen LogP contribution in [0.25, 0.3) is 0 Å². The fraction of sp³-hybridized carbons (Fsp3) is 0.667. The summed E-state index contributed by atoms with van der Waals surface area (Å²) in [5, 5.41) is 2.73. The summed E-state index contributed by atoms with van der Waals surface area (Å²) in [6, 6.07) is 0. The number of aromatic nitrogens is 1. The predicted molar refractivity (Wildman–Crippen MR) is 82.8 cm³/mol. The SMILES string of the molecule is Cc1ncsc1CCC(=O)N1CCC[C@@]2(CC1)CNC(=O)O2. The first-order chi connectivity index (χ1) is 10.6. The summed E-state index contributed by atoms with van der Waals surface area (Å²) >= 11 is 1.61. The Kier molecular flexibility index (Phi) is 4.33. The number of carbonyl (C=O) groups excluding carboxylic acids is 2. The van der Waals surface area contributed by atoms with Crippen LogP contribution < -0.4 is 5.32 Å². The molecule has 120 valence electrons. The van der Waals surface area contributed by atoms with Gasteiger partial charge < -0.3 is 15.0 Å². The number of thiazole rings is 1. The maximum absolute atomic E-state index is 12.4. The maximum atomic E-state index is 12.4. The molecule has 3 rings (SSSR count). The summed E-state index contributed by atoms with van der Waals surface area (Å²) in [5.41, 5.74) is 2.45. The zero-order valence-electron chi connectivity index (χ0n) is 12.8. The molecule has 1 atom stereocenters. The van der Waals surface area contributed by atoms with Crippen LogP contribution in [0.4, 0.5) is 4.79 Å². The lowest BCUT2D eigenvalue weighted by Crippen LogP contribution is -2.36. The Hall–Kier alpha value is -1.63. The van der Waals surface area contributed by atoms with Gasteiger partial charge >= 0.3 is 6.09 Å². The Morgan fingerprint density at radius 3 is 3.05 bits per heavy atom. The molecule has 3 heterocycles. The van der Waals surface area contributed by atoms with Crippen LogP contribution >= 0.6 is 11.3 Å². The van der Waals surface area contributed by atoms with Crippen molar-refractivity contribution in [2.75, 3.05) is 19.6 Å². The van der Waals surface area contributed by atoms with Gasteiger partial charge in [-0.3, -0.25) is 4.79 Å². The number of nitrogens with zero attached hydrogens (tertiary/aromatic N) is 2. The van der Waals surface area contributed by atoms with Crippen molar-refractivity contribution >= 4 is 23.3 Å². The van der Waals surface area contributed by atoms with Crippen molar-refractivity contribution in [3.8, 4) is 0 Å². The normalized spacial score (nSPS) is 25.0. The van der Waals surface area contributed by atoms with Gasteiger partial charge in [0.05, 0.1) is 17.7 Å². The Morgan fingerprint density at radius 2 is 2.36 bits per heavy atom. The van der Waals surface area contributed by atoms with E-state index in [4.69, 9.17) is 4.74 Å². The van der Waals surface area contributed by atoms with E-state index in [1.54, 1.807) is 11.3 Å². The van der Waals surface area contributed by atoms with E-state index in [0.717, 1.165) is 37.9 Å². The second-order valence-electron chi connectivity index (χ2n) is 6.02. The summed E-state index contributed by atoms with van der Waals surface area (Å²) in [6.07, 6.45) is 3.36. The number of nitrogens with one attached hydrogen (secondary N) is 1. The molecule has 2 saturated heterocycles. The Morgan fingerprint density at radius 1 is 1.50 bits per heavy atom. The van der Waals surface area contributed by atoms with Crippen LogP contribution in [-0.2, 0) is 16.0 Å². The van der Waals surface area contributed by atoms with Crippen molar-refractivity contribution < 1.29 is 14.3 Å². The van der Waals surface area contributed by atoms with Crippen molar-refractivity contribution in [1.82, 2.24) is 15.2 Å². The minimum Gasteiger partial charge on any atom is -0.441 e. The number of carbonyl (C=O) groups is 2. The first kappa shape index (κ1) is 15.3. The first-order valence-corrected chi connectivity index (χ1v) is 8.60. The fourth-order valence-corrected chi connectivity index (χ4v) is 3.92. The molecule has 7 heteroatoms. The number of rotatable bonds is 3. The zero-order chi connectivity index (χ0) is 15.6. The lowest BCUT2D eigenvalue weighted by atomic mass is 9.95. The van der Waals surface area contributed by atoms with E-state index in [9.17, 15) is 9.59 Å². The van der Waals surface area contributed by atoms with Crippen LogP contribution in [0, 0.1) is 6.92 Å². The third-order valence-electron chi connectivity index (χ3n) is 4.53. The minimum atomic E-state index is -0.402. The van der Waals surface area contributed by atoms with Crippen LogP contribution in [-0.4, -0.2) is 47.1 Å². The molecule has 6 nitrogen and oxygen atoms in total. The lowest BCUT2D eigenvalue weighted by molar-refractivity contribution is -0.131. The summed E-state index contributed by atoms with van der Waals surface area (Å²) in [4.78, 5) is 31.0. The molecule has 0 aromatic carbocycles. The molecule has 0 saturated carbocycles. The van der Waals surface area contributed by atoms with Crippen LogP contribution in [0.2, 0.25) is 0 Å². The van der Waals surface area contributed by atoms with Gasteiger partial charge in [-0.2, -0.15) is 0 Å². The quantitative estimate of drug-likeness (QED) is 0.922. The van der Waals surface area contributed by atoms with Gasteiger partial charge in [-0.15, -0.1) is 11.3 Å². The van der Waals surface area contributed by atoms with Crippen LogP contribution in [0.15, 0.2) is 5.51 Å². The molecule has 1 aromatic rings. The molecule has 1 aromatic heterocycles. The van der Waals surface area contributed by atoms with E-state index in [0.29, 0.717) is 19.5 Å². The first-order valence-electron chi connectivity index (χ1n) is 7.72. The van der Waals surface area contributed by atoms with Crippen LogP contribution in [0.5, 0.6) is 0 Å². The zero-order valence-corrected chi connectivity index (χ0v) is 13.6. The topological polar surface area (TPSA) is 71.5 Å². The molecule has 0 aliphatic carbocycles. The van der Waals surface area contributed by atoms with Gasteiger partial charge in [-0.25, -0.2) is 9.78 Å². The molecule has 2 amide bonds. The summed E-state index contributed by atoms with van der Waals surface area (Å²) in [6.45, 7) is 3.95. The molecule has 2 fully saturated rings. The van der Waals surface area contributed by atoms with E-state index >= 15 is 0 Å². The molecule has 0 radical (unpaired) electrons. The molecular formula is C15H21N3O3S. The summed E-state index contributed by atoms with van der Waals surface area (Å²) in [5.74, 6) is 0.183. The standard InChI is InChI=1S/C15H21N3O3S/c1-11-12(22-10-17-11)3-4-13(19)18-7-2-5-15(6-8-18)9-16-14(20)21-15/h10H,2-9H2,1H3,(H,16,20)/t15-/m1/s1. The van der Waals surface area contributed by atoms with Gasteiger partial charge in [0, 0.05) is 30.8 Å². The number of ether oxygens (including phenoxy) is 1. The largest absolute Gasteiger partial charge is 0.441 e. The summed E-state index contributed by atoms with van der Waals surface area (Å²) in [7, 11) is 0. The second-order valence-corrected chi connectivity index (χ2v) is 6.96. The van der Waals surface area contributed by atoms with E-state index in [1.807, 2.05) is 17.3 Å². The average molecular weight is 323 g/mol. The monoisotopic (exact) mass is 323 g/mol. The molecule has 1 N–H and O–H groups in total. The van der Waals surface area contributed by atoms with Crippen molar-refractivity contribution in [3.05, 3.63) is 16.1 Å². The molecule has 1 spiro atoms. The minimum absolute atomic E-state index is 0.183. The van der Waals surface area contributed by atoms with Crippen molar-refractivity contribution in [3.63, 3.8) is 0 Å². The highest BCUT2D eigenvalue weighted by Crippen LogP contribution is 2.29. The van der Waals surface area contributed by atoms with Gasteiger partial charge in [0.1, 0.15) is 5.60 Å². The van der Waals surface area contributed by atoms with Gasteiger partial charge in [0.15, 0.2) is 0 Å². The number of amides is 2. The molecule has 0 bridgehead atoms. The number of aryl methyl sites for hydroxylation is 2. The number of hydrogen-bond donors (Lipinski definition) is 1. The molecule has 22 heavy (non-hydrogen) atoms. The van der Waals surface area contributed by atoms with Crippen molar-refractivity contribution in [2.45, 2.75) is 44.6 Å². The van der Waals surface area contributed by atoms with E-state index in [-0.39, 0.29) is 12.0 Å². The smallest absolute Gasteiger partial charge is 0.407 e. The number of likely N-dealkylation sites (tertiary alicyclic amines) is 1. The average Bonchev–Trinajstić information content (AvgIpc) is 2.99. The summed E-state index contributed by atoms with van der Waals surface area (Å²) < 4.78 is 5.44. The van der Waals surface area contributed by atoms with Gasteiger partial charge in [-0.1, -0.05) is 0 Å². The van der Waals surface area contributed by atoms with Gasteiger partial charge in [0.2, 0.25) is 5.91 Å². The number of alkyl carbamates (subject to hydrolysis) is 1. The third kappa shape index (κ3) is 3.24. The molecule has 2 aliphatic heterocycles. The Bertz CT molecular complexity index is 574. The van der Waals surface area contributed by atoms with Crippen LogP contribution in [0.3, 0.4) is 0 Å². The van der Waals surface area contributed by atoms with Gasteiger partial charge in [-0.05, 0) is 26.2 Å². The van der Waals surface area contributed by atoms with E-state index in [1.165, 1.54) is 4.88 Å². The molecular weight excluding hydrogens is 302 g/mol. The Balaban J connectivity index is 1.53. The highest BCUT2D eigenvalue weighted by Gasteiger charge is 2.41. The van der Waals surface area contributed by atoms with E-state index in [2.05, 4.69) is 10.3 Å². The lowest BCUT2D eigenvalue weighted by Gasteiger charge is -2.25. The van der Waals surface area contributed by atoms with Gasteiger partial charge in [0.25, 0.3) is 0 Å². The van der Waals surface area contributed by atoms with Crippen molar-refractivity contribution in [2.24, 2.45) is 0 Å². The molecule has 2 aliphatic rings. The highest BCUT2D eigenvalue weighted by molar-refractivity contribution is 7.09. The van der Waals surface area contributed by atoms with Crippen molar-refractivity contribution in [1.29, 1.82) is 0 Å². The number of hydrogen-bond acceptors (Lipinski definition) is 5. The second kappa shape index (κ2) is 6.24.